The molecule has 0 aliphatic rings. The Morgan fingerprint density at radius 3 is 2.40 bits per heavy atom. The number of hydrogen-bond donors (Lipinski definition) is 1. The predicted octanol–water partition coefficient (Wildman–Crippen LogP) is -0.890. The van der Waals surface area contributed by atoms with Gasteiger partial charge < -0.3 is 6.78 Å². The van der Waals surface area contributed by atoms with Crippen molar-refractivity contribution >= 4 is 32.5 Å². The highest BCUT2D eigenvalue weighted by Crippen LogP contribution is 1.52. The minimum absolute atomic E-state index is 0.667. The van der Waals surface area contributed by atoms with E-state index in [1.54, 1.807) is 0 Å². The zero-order chi connectivity index (χ0) is 4.12. The SMILES string of the molecule is O[O][Al][O][Al]. The van der Waals surface area contributed by atoms with Crippen LogP contribution in [-0.4, -0.2) is 37.8 Å². The van der Waals surface area contributed by atoms with Gasteiger partial charge in [-0.05, 0) is 0 Å². The van der Waals surface area contributed by atoms with Crippen molar-refractivity contribution in [1.82, 2.24) is 0 Å². The van der Waals surface area contributed by atoms with Crippen molar-refractivity contribution in [1.29, 1.82) is 0 Å². The van der Waals surface area contributed by atoms with Gasteiger partial charge in [0.15, 0.2) is 0 Å². The van der Waals surface area contributed by atoms with Crippen molar-refractivity contribution in [2.75, 3.05) is 0 Å². The van der Waals surface area contributed by atoms with Crippen molar-refractivity contribution in [3.8, 4) is 0 Å². The van der Waals surface area contributed by atoms with Crippen LogP contribution in [0.15, 0.2) is 0 Å². The lowest BCUT2D eigenvalue weighted by Crippen LogP contribution is -1.96. The van der Waals surface area contributed by atoms with Gasteiger partial charge in [0, 0.05) is 0 Å². The minimum atomic E-state index is -0.667. The van der Waals surface area contributed by atoms with E-state index in [-0.39, 0.29) is 0 Å². The van der Waals surface area contributed by atoms with Gasteiger partial charge in [-0.3, -0.25) is 5.26 Å². The summed E-state index contributed by atoms with van der Waals surface area (Å²) in [6.07, 6.45) is 0. The molecule has 0 aliphatic carbocycles. The molecule has 0 atom stereocenters. The highest BCUT2D eigenvalue weighted by Gasteiger charge is 1.82. The molecule has 3 nitrogen and oxygen atoms in total. The molecule has 0 aliphatic heterocycles. The van der Waals surface area contributed by atoms with Gasteiger partial charge in [-0.25, -0.2) is 0 Å². The Morgan fingerprint density at radius 2 is 2.40 bits per heavy atom. The standard InChI is InChI=1S/2Al.H2O2.O/c;;1-2;/h;;1-2H;/q;+1;;/p-1. The highest BCUT2D eigenvalue weighted by molar-refractivity contribution is 6.27. The van der Waals surface area contributed by atoms with Crippen LogP contribution < -0.4 is 0 Å². The Bertz CT molecular complexity index is 12.4. The summed E-state index contributed by atoms with van der Waals surface area (Å²) in [5.74, 6) is 0. The van der Waals surface area contributed by atoms with Gasteiger partial charge >= 0.3 is 32.5 Å². The predicted molar refractivity (Wildman–Crippen MR) is 16.3 cm³/mol. The molecular weight excluding hydrogens is 102 g/mol. The van der Waals surface area contributed by atoms with Gasteiger partial charge in [-0.15, -0.1) is 0 Å². The summed E-state index contributed by atoms with van der Waals surface area (Å²) in [5.41, 5.74) is 0. The average molecular weight is 103 g/mol. The zero-order valence-corrected chi connectivity index (χ0v) is 4.73. The van der Waals surface area contributed by atoms with Gasteiger partial charge in [0.25, 0.3) is 0 Å². The molecule has 25 valence electrons. The second kappa shape index (κ2) is 4.94. The van der Waals surface area contributed by atoms with Gasteiger partial charge in [-0.2, -0.15) is 0 Å². The largest absolute Gasteiger partial charge is 0.669 e. The smallest absolute Gasteiger partial charge is 0.631 e. The first-order valence-electron chi connectivity index (χ1n) is 0.890. The Labute approximate surface area is 45.0 Å². The Hall–Kier alpha value is 0.945. The molecule has 0 aromatic heterocycles. The third-order valence-electron chi connectivity index (χ3n) is 0.0986. The molecule has 0 bridgehead atoms. The van der Waals surface area contributed by atoms with E-state index >= 15 is 0 Å². The molecule has 0 amide bonds. The second-order valence-corrected chi connectivity index (χ2v) is 1.83. The van der Waals surface area contributed by atoms with Crippen molar-refractivity contribution in [2.45, 2.75) is 0 Å². The molecule has 0 spiro atoms. The Kier molecular flexibility index (Phi) is 5.88. The third kappa shape index (κ3) is 4.94. The van der Waals surface area contributed by atoms with Crippen molar-refractivity contribution < 1.29 is 12.0 Å². The fourth-order valence-corrected chi connectivity index (χ4v) is 0.224. The van der Waals surface area contributed by atoms with Crippen LogP contribution in [-0.2, 0) is 6.78 Å². The zero-order valence-electron chi connectivity index (χ0n) is 2.42. The van der Waals surface area contributed by atoms with Crippen LogP contribution in [0.5, 0.6) is 0 Å². The van der Waals surface area contributed by atoms with Gasteiger partial charge in [0.05, 0.1) is 0 Å². The van der Waals surface area contributed by atoms with Gasteiger partial charge in [-0.1, -0.05) is 0 Å². The summed E-state index contributed by atoms with van der Waals surface area (Å²) in [5, 5.41) is 7.46. The summed E-state index contributed by atoms with van der Waals surface area (Å²) in [7, 11) is 0. The van der Waals surface area contributed by atoms with Crippen LogP contribution in [0, 0.1) is 0 Å². The topological polar surface area (TPSA) is 38.7 Å². The molecule has 3 radical (unpaired) electrons. The normalized spacial score (nSPS) is 7.40. The number of hydrogen-bond acceptors (Lipinski definition) is 3. The fourth-order valence-electron chi connectivity index (χ4n) is 0.0248. The first kappa shape index (κ1) is 5.94. The van der Waals surface area contributed by atoms with Crippen LogP contribution in [0.4, 0.5) is 0 Å². The molecule has 0 rings (SSSR count). The van der Waals surface area contributed by atoms with Crippen LogP contribution in [0.1, 0.15) is 0 Å². The summed E-state index contributed by atoms with van der Waals surface area (Å²) < 4.78 is 7.75. The summed E-state index contributed by atoms with van der Waals surface area (Å²) in [4.78, 5) is 0. The van der Waals surface area contributed by atoms with E-state index in [0.29, 0.717) is 0 Å². The molecule has 1 N–H and O–H groups in total. The van der Waals surface area contributed by atoms with Crippen molar-refractivity contribution in [3.63, 3.8) is 0 Å². The lowest BCUT2D eigenvalue weighted by atomic mass is 15.0. The molecule has 0 aromatic carbocycles. The van der Waals surface area contributed by atoms with Crippen LogP contribution in [0.25, 0.3) is 0 Å². The molecule has 0 aromatic rings. The Balaban J connectivity index is 2.19. The quantitative estimate of drug-likeness (QED) is 0.280. The van der Waals surface area contributed by atoms with Crippen LogP contribution >= 0.6 is 0 Å². The first-order valence-corrected chi connectivity index (χ1v) is 2.30. The highest BCUT2D eigenvalue weighted by atomic mass is 27.2. The molecular formula is HAl2O3. The van der Waals surface area contributed by atoms with Crippen molar-refractivity contribution in [3.05, 3.63) is 0 Å². The molecule has 0 heterocycles. The monoisotopic (exact) mass is 103 g/mol. The lowest BCUT2D eigenvalue weighted by Gasteiger charge is -1.84. The van der Waals surface area contributed by atoms with E-state index in [2.05, 4.69) is 6.78 Å². The van der Waals surface area contributed by atoms with Crippen LogP contribution in [0.2, 0.25) is 0 Å². The fraction of sp³-hybridized carbons (Fsp3) is 0. The van der Waals surface area contributed by atoms with Gasteiger partial charge in [0.1, 0.15) is 0 Å². The van der Waals surface area contributed by atoms with E-state index < -0.39 is 15.9 Å². The average Bonchev–Trinajstić information content (AvgIpc) is 1.41. The number of rotatable bonds is 2. The van der Waals surface area contributed by atoms with E-state index in [9.17, 15) is 0 Å². The first-order chi connectivity index (χ1) is 2.41. The van der Waals surface area contributed by atoms with Crippen LogP contribution in [0.3, 0.4) is 0 Å². The maximum Gasteiger partial charge on any atom is 0.669 e. The third-order valence-corrected chi connectivity index (χ3v) is 0.629. The van der Waals surface area contributed by atoms with E-state index in [1.165, 1.54) is 0 Å². The summed E-state index contributed by atoms with van der Waals surface area (Å²) in [6.45, 7) is 0. The molecule has 0 saturated heterocycles. The van der Waals surface area contributed by atoms with Gasteiger partial charge in [0.2, 0.25) is 0 Å². The molecule has 0 saturated carbocycles. The second-order valence-electron chi connectivity index (χ2n) is 0.338. The van der Waals surface area contributed by atoms with Crippen molar-refractivity contribution in [2.24, 2.45) is 0 Å². The summed E-state index contributed by atoms with van der Waals surface area (Å²) in [6, 6.07) is 0. The maximum absolute atomic E-state index is 7.46. The van der Waals surface area contributed by atoms with E-state index in [1.807, 2.05) is 16.6 Å². The molecule has 0 unspecified atom stereocenters. The van der Waals surface area contributed by atoms with E-state index in [4.69, 9.17) is 5.26 Å². The summed E-state index contributed by atoms with van der Waals surface area (Å²) >= 11 is 1.29. The minimum Gasteiger partial charge on any atom is -0.631 e. The Morgan fingerprint density at radius 1 is 1.80 bits per heavy atom. The molecule has 0 fully saturated rings. The molecule has 5 heteroatoms. The maximum atomic E-state index is 7.46. The van der Waals surface area contributed by atoms with E-state index in [0.717, 1.165) is 0 Å². The molecule has 5 heavy (non-hydrogen) atoms. The lowest BCUT2D eigenvalue weighted by molar-refractivity contribution is -0.147.